The SMILES string of the molecule is CCC(CCC(C)CC(=O)N(CCOC)c1ccc2cc(-c3n[nH]c4c3CCC(C)(C)C4)[nH]c2c1)OC. The van der Waals surface area contributed by atoms with E-state index in [0.717, 1.165) is 66.5 Å². The Morgan fingerprint density at radius 3 is 2.76 bits per heavy atom. The Hall–Kier alpha value is -2.64. The summed E-state index contributed by atoms with van der Waals surface area (Å²) in [6.07, 6.45) is 6.94. The van der Waals surface area contributed by atoms with Crippen LogP contribution in [0.5, 0.6) is 0 Å². The molecule has 1 aromatic carbocycles. The maximum atomic E-state index is 13.4. The van der Waals surface area contributed by atoms with Crippen molar-refractivity contribution in [2.24, 2.45) is 11.3 Å². The van der Waals surface area contributed by atoms with Crippen LogP contribution in [0.3, 0.4) is 0 Å². The quantitative estimate of drug-likeness (QED) is 0.301. The number of carbonyl (C=O) groups excluding carboxylic acids is 1. The predicted octanol–water partition coefficient (Wildman–Crippen LogP) is 6.28. The number of amides is 1. The smallest absolute Gasteiger partial charge is 0.227 e. The van der Waals surface area contributed by atoms with Crippen LogP contribution >= 0.6 is 0 Å². The zero-order valence-electron chi connectivity index (χ0n) is 23.4. The van der Waals surface area contributed by atoms with Gasteiger partial charge in [-0.1, -0.05) is 33.8 Å². The zero-order chi connectivity index (χ0) is 26.6. The molecule has 3 aromatic rings. The first-order valence-corrected chi connectivity index (χ1v) is 13.8. The second kappa shape index (κ2) is 11.8. The highest BCUT2D eigenvalue weighted by atomic mass is 16.5. The molecular weight excluding hydrogens is 464 g/mol. The number of hydrogen-bond acceptors (Lipinski definition) is 4. The Balaban J connectivity index is 1.53. The number of anilines is 1. The molecule has 2 atom stereocenters. The number of aromatic amines is 2. The van der Waals surface area contributed by atoms with E-state index < -0.39 is 0 Å². The fraction of sp³-hybridized carbons (Fsp3) is 0.600. The zero-order valence-corrected chi connectivity index (χ0v) is 23.4. The third-order valence-electron chi connectivity index (χ3n) is 7.95. The highest BCUT2D eigenvalue weighted by molar-refractivity contribution is 5.96. The maximum absolute atomic E-state index is 13.4. The molecule has 0 fully saturated rings. The van der Waals surface area contributed by atoms with Crippen LogP contribution in [0, 0.1) is 11.3 Å². The van der Waals surface area contributed by atoms with E-state index in [4.69, 9.17) is 9.47 Å². The number of methoxy groups -OCH3 is 2. The fourth-order valence-electron chi connectivity index (χ4n) is 5.53. The van der Waals surface area contributed by atoms with Gasteiger partial charge in [0, 0.05) is 55.0 Å². The number of ether oxygens (including phenoxy) is 2. The Morgan fingerprint density at radius 1 is 1.22 bits per heavy atom. The van der Waals surface area contributed by atoms with Crippen LogP contribution in [-0.2, 0) is 27.1 Å². The van der Waals surface area contributed by atoms with Gasteiger partial charge in [-0.25, -0.2) is 0 Å². The normalized spacial score (nSPS) is 16.5. The lowest BCUT2D eigenvalue weighted by Gasteiger charge is -2.28. The van der Waals surface area contributed by atoms with Gasteiger partial charge >= 0.3 is 0 Å². The first-order valence-electron chi connectivity index (χ1n) is 13.8. The molecule has 4 rings (SSSR count). The van der Waals surface area contributed by atoms with E-state index in [1.807, 2.05) is 11.0 Å². The monoisotopic (exact) mass is 508 g/mol. The molecule has 7 heteroatoms. The number of aromatic nitrogens is 3. The van der Waals surface area contributed by atoms with Crippen molar-refractivity contribution in [3.63, 3.8) is 0 Å². The predicted molar refractivity (Wildman–Crippen MR) is 150 cm³/mol. The molecule has 202 valence electrons. The highest BCUT2D eigenvalue weighted by Crippen LogP contribution is 2.38. The summed E-state index contributed by atoms with van der Waals surface area (Å²) in [5.41, 5.74) is 6.84. The number of hydrogen-bond donors (Lipinski definition) is 2. The molecule has 0 radical (unpaired) electrons. The first kappa shape index (κ1) is 27.4. The molecule has 2 unspecified atom stereocenters. The fourth-order valence-corrected chi connectivity index (χ4v) is 5.53. The molecule has 1 amide bonds. The lowest BCUT2D eigenvalue weighted by Crippen LogP contribution is -2.35. The van der Waals surface area contributed by atoms with Crippen molar-refractivity contribution in [1.82, 2.24) is 15.2 Å². The minimum absolute atomic E-state index is 0.130. The van der Waals surface area contributed by atoms with Gasteiger partial charge in [-0.2, -0.15) is 5.10 Å². The van der Waals surface area contributed by atoms with Crippen LogP contribution in [0.2, 0.25) is 0 Å². The van der Waals surface area contributed by atoms with E-state index in [1.165, 1.54) is 11.3 Å². The van der Waals surface area contributed by atoms with Crippen LogP contribution in [0.25, 0.3) is 22.3 Å². The molecule has 1 aliphatic rings. The molecule has 0 bridgehead atoms. The number of benzene rings is 1. The van der Waals surface area contributed by atoms with Gasteiger partial charge in [0.15, 0.2) is 0 Å². The second-order valence-electron chi connectivity index (χ2n) is 11.5. The molecule has 0 spiro atoms. The topological polar surface area (TPSA) is 83.2 Å². The Morgan fingerprint density at radius 2 is 2.03 bits per heavy atom. The Labute approximate surface area is 221 Å². The van der Waals surface area contributed by atoms with Crippen molar-refractivity contribution >= 4 is 22.5 Å². The van der Waals surface area contributed by atoms with Crippen LogP contribution < -0.4 is 4.90 Å². The van der Waals surface area contributed by atoms with Crippen molar-refractivity contribution in [3.05, 3.63) is 35.5 Å². The number of nitrogens with zero attached hydrogens (tertiary/aromatic N) is 2. The van der Waals surface area contributed by atoms with Crippen LogP contribution in [0.15, 0.2) is 24.3 Å². The van der Waals surface area contributed by atoms with Gasteiger partial charge in [-0.15, -0.1) is 0 Å². The van der Waals surface area contributed by atoms with E-state index >= 15 is 0 Å². The van der Waals surface area contributed by atoms with Crippen LogP contribution in [0.1, 0.15) is 71.1 Å². The lowest BCUT2D eigenvalue weighted by molar-refractivity contribution is -0.119. The van der Waals surface area contributed by atoms with Crippen molar-refractivity contribution in [2.75, 3.05) is 32.3 Å². The standard InChI is InChI=1S/C30H44N4O3/c1-7-23(37-6)11-8-20(2)16-28(35)34(14-15-36-5)22-10-9-21-17-26(31-25(21)18-22)29-24-12-13-30(3,4)19-27(24)32-33-29/h9-10,17-18,20,23,31H,7-8,11-16,19H2,1-6H3,(H,32,33). The average Bonchev–Trinajstić information content (AvgIpc) is 3.47. The summed E-state index contributed by atoms with van der Waals surface area (Å²) in [6.45, 7) is 9.95. The van der Waals surface area contributed by atoms with Gasteiger partial charge < -0.3 is 19.4 Å². The lowest BCUT2D eigenvalue weighted by atomic mass is 9.76. The molecule has 1 aliphatic carbocycles. The number of rotatable bonds is 12. The summed E-state index contributed by atoms with van der Waals surface area (Å²) in [6, 6.07) is 8.38. The Bertz CT molecular complexity index is 1190. The number of H-pyrrole nitrogens is 2. The molecule has 37 heavy (non-hydrogen) atoms. The van der Waals surface area contributed by atoms with Gasteiger partial charge in [0.2, 0.25) is 5.91 Å². The number of fused-ring (bicyclic) bond motifs is 2. The minimum atomic E-state index is 0.130. The first-order chi connectivity index (χ1) is 17.7. The molecule has 2 heterocycles. The van der Waals surface area contributed by atoms with Gasteiger partial charge in [-0.3, -0.25) is 9.89 Å². The van der Waals surface area contributed by atoms with E-state index in [-0.39, 0.29) is 12.0 Å². The van der Waals surface area contributed by atoms with E-state index in [2.05, 4.69) is 61.1 Å². The third-order valence-corrected chi connectivity index (χ3v) is 7.95. The van der Waals surface area contributed by atoms with Gasteiger partial charge in [0.05, 0.1) is 18.4 Å². The van der Waals surface area contributed by atoms with Crippen LogP contribution in [-0.4, -0.2) is 54.6 Å². The highest BCUT2D eigenvalue weighted by Gasteiger charge is 2.29. The summed E-state index contributed by atoms with van der Waals surface area (Å²) in [5, 5.41) is 9.09. The molecule has 2 N–H and O–H groups in total. The van der Waals surface area contributed by atoms with Gasteiger partial charge in [0.25, 0.3) is 0 Å². The van der Waals surface area contributed by atoms with Crippen molar-refractivity contribution in [1.29, 1.82) is 0 Å². The van der Waals surface area contributed by atoms with E-state index in [0.29, 0.717) is 30.9 Å². The summed E-state index contributed by atoms with van der Waals surface area (Å²) < 4.78 is 10.8. The summed E-state index contributed by atoms with van der Waals surface area (Å²) in [5.74, 6) is 0.420. The molecule has 7 nitrogen and oxygen atoms in total. The van der Waals surface area contributed by atoms with Gasteiger partial charge in [0.1, 0.15) is 5.69 Å². The molecule has 0 saturated heterocycles. The third kappa shape index (κ3) is 6.44. The molecule has 2 aromatic heterocycles. The van der Waals surface area contributed by atoms with Crippen molar-refractivity contribution in [2.45, 2.75) is 78.7 Å². The van der Waals surface area contributed by atoms with Crippen LogP contribution in [0.4, 0.5) is 5.69 Å². The average molecular weight is 509 g/mol. The van der Waals surface area contributed by atoms with Crippen molar-refractivity contribution < 1.29 is 14.3 Å². The van der Waals surface area contributed by atoms with E-state index in [9.17, 15) is 4.79 Å². The maximum Gasteiger partial charge on any atom is 0.227 e. The number of carbonyl (C=O) groups is 1. The number of nitrogens with one attached hydrogen (secondary N) is 2. The Kier molecular flexibility index (Phi) is 8.75. The largest absolute Gasteiger partial charge is 0.383 e. The second-order valence-corrected chi connectivity index (χ2v) is 11.5. The molecule has 0 saturated carbocycles. The summed E-state index contributed by atoms with van der Waals surface area (Å²) in [4.78, 5) is 18.8. The van der Waals surface area contributed by atoms with Gasteiger partial charge in [-0.05, 0) is 68.1 Å². The summed E-state index contributed by atoms with van der Waals surface area (Å²) >= 11 is 0. The summed E-state index contributed by atoms with van der Waals surface area (Å²) in [7, 11) is 3.44. The van der Waals surface area contributed by atoms with Crippen molar-refractivity contribution in [3.8, 4) is 11.4 Å². The molecular formula is C30H44N4O3. The van der Waals surface area contributed by atoms with E-state index in [1.54, 1.807) is 14.2 Å². The minimum Gasteiger partial charge on any atom is -0.383 e. The molecule has 0 aliphatic heterocycles.